The number of carboxylic acids is 1. The quantitative estimate of drug-likeness (QED) is 0.772. The van der Waals surface area contributed by atoms with Crippen LogP contribution in [0.5, 0.6) is 11.5 Å². The molecule has 1 heterocycles. The first kappa shape index (κ1) is 17.9. The monoisotopic (exact) mass is 353 g/mol. The van der Waals surface area contributed by atoms with Gasteiger partial charge in [-0.2, -0.15) is 0 Å². The smallest absolute Gasteiger partial charge is 0.410 e. The van der Waals surface area contributed by atoms with E-state index in [0.717, 1.165) is 18.3 Å². The van der Waals surface area contributed by atoms with Gasteiger partial charge in [0, 0.05) is 5.56 Å². The first-order chi connectivity index (χ1) is 12.5. The van der Waals surface area contributed by atoms with E-state index in [1.165, 1.54) is 0 Å². The van der Waals surface area contributed by atoms with Crippen molar-refractivity contribution in [3.8, 4) is 11.5 Å². The zero-order valence-corrected chi connectivity index (χ0v) is 14.6. The van der Waals surface area contributed by atoms with Gasteiger partial charge in [0.15, 0.2) is 7.28 Å². The van der Waals surface area contributed by atoms with Gasteiger partial charge in [-0.1, -0.05) is 36.6 Å². The van der Waals surface area contributed by atoms with Gasteiger partial charge in [-0.15, -0.1) is 0 Å². The van der Waals surface area contributed by atoms with Crippen LogP contribution in [0.15, 0.2) is 42.5 Å². The zero-order valence-electron chi connectivity index (χ0n) is 14.6. The summed E-state index contributed by atoms with van der Waals surface area (Å²) in [6.07, 6.45) is -0.375. The van der Waals surface area contributed by atoms with Crippen molar-refractivity contribution in [3.63, 3.8) is 0 Å². The number of hydrogen-bond donors (Lipinski definition) is 1. The van der Waals surface area contributed by atoms with Crippen molar-refractivity contribution in [2.24, 2.45) is 0 Å². The van der Waals surface area contributed by atoms with Gasteiger partial charge in [0.1, 0.15) is 18.1 Å². The van der Waals surface area contributed by atoms with Crippen LogP contribution in [0.2, 0.25) is 6.82 Å². The third-order valence-corrected chi connectivity index (χ3v) is 4.22. The summed E-state index contributed by atoms with van der Waals surface area (Å²) in [5.41, 5.74) is 2.72. The van der Waals surface area contributed by atoms with Crippen molar-refractivity contribution >= 4 is 24.8 Å². The maximum absolute atomic E-state index is 11.8. The average molecular weight is 353 g/mol. The summed E-state index contributed by atoms with van der Waals surface area (Å²) in [6, 6.07) is 12.9. The predicted octanol–water partition coefficient (Wildman–Crippen LogP) is 2.17. The van der Waals surface area contributed by atoms with Gasteiger partial charge in [-0.05, 0) is 23.8 Å². The van der Waals surface area contributed by atoms with Crippen LogP contribution in [0.4, 0.5) is 4.79 Å². The molecular formula is C19H20BNO5. The summed E-state index contributed by atoms with van der Waals surface area (Å²) >= 11 is 0. The summed E-state index contributed by atoms with van der Waals surface area (Å²) in [7, 11) is 0.881. The van der Waals surface area contributed by atoms with Crippen molar-refractivity contribution in [1.82, 2.24) is 4.90 Å². The first-order valence-electron chi connectivity index (χ1n) is 8.57. The normalized spacial score (nSPS) is 13.4. The molecule has 1 N–H and O–H groups in total. The molecule has 7 heteroatoms. The summed E-state index contributed by atoms with van der Waals surface area (Å²) in [5.74, 6) is 0.329. The maximum atomic E-state index is 11.8. The van der Waals surface area contributed by atoms with E-state index in [0.29, 0.717) is 36.8 Å². The molecule has 3 rings (SSSR count). The summed E-state index contributed by atoms with van der Waals surface area (Å²) in [6.45, 7) is 3.44. The highest BCUT2D eigenvalue weighted by Crippen LogP contribution is 2.27. The van der Waals surface area contributed by atoms with Gasteiger partial charge in [-0.25, -0.2) is 4.79 Å². The number of amides is 1. The minimum atomic E-state index is -0.886. The molecule has 134 valence electrons. The van der Waals surface area contributed by atoms with E-state index in [1.807, 2.05) is 18.2 Å². The van der Waals surface area contributed by atoms with Crippen LogP contribution in [0.3, 0.4) is 0 Å². The molecule has 2 aromatic rings. The minimum absolute atomic E-state index is 0.0571. The van der Waals surface area contributed by atoms with Gasteiger partial charge < -0.3 is 19.5 Å². The van der Waals surface area contributed by atoms with E-state index in [1.54, 1.807) is 29.2 Å². The van der Waals surface area contributed by atoms with Crippen LogP contribution in [0, 0.1) is 0 Å². The van der Waals surface area contributed by atoms with Crippen LogP contribution in [-0.4, -0.2) is 42.5 Å². The van der Waals surface area contributed by atoms with E-state index in [-0.39, 0.29) is 12.5 Å². The van der Waals surface area contributed by atoms with Crippen molar-refractivity contribution in [3.05, 3.63) is 53.6 Å². The molecule has 0 aromatic heterocycles. The Labute approximate surface area is 152 Å². The molecule has 0 aliphatic carbocycles. The number of aliphatic carboxylic acids is 1. The van der Waals surface area contributed by atoms with Gasteiger partial charge in [0.25, 0.3) is 0 Å². The molecule has 1 aliphatic heterocycles. The molecule has 0 unspecified atom stereocenters. The van der Waals surface area contributed by atoms with Crippen molar-refractivity contribution in [2.45, 2.75) is 19.8 Å². The number of rotatable bonds is 7. The molecule has 0 atom stereocenters. The van der Waals surface area contributed by atoms with Gasteiger partial charge in [0.05, 0.1) is 19.5 Å². The van der Waals surface area contributed by atoms with E-state index in [2.05, 4.69) is 6.82 Å². The van der Waals surface area contributed by atoms with E-state index >= 15 is 0 Å². The highest BCUT2D eigenvalue weighted by molar-refractivity contribution is 6.51. The molecule has 26 heavy (non-hydrogen) atoms. The minimum Gasteiger partial charge on any atom is -0.481 e. The molecule has 6 nitrogen and oxygen atoms in total. The fourth-order valence-electron chi connectivity index (χ4n) is 2.87. The van der Waals surface area contributed by atoms with Gasteiger partial charge in [0.2, 0.25) is 0 Å². The first-order valence-corrected chi connectivity index (χ1v) is 8.57. The highest BCUT2D eigenvalue weighted by atomic mass is 16.6. The van der Waals surface area contributed by atoms with Crippen molar-refractivity contribution in [2.75, 3.05) is 13.2 Å². The molecule has 2 aromatic carbocycles. The van der Waals surface area contributed by atoms with E-state index < -0.39 is 5.97 Å². The van der Waals surface area contributed by atoms with Crippen LogP contribution in [0.1, 0.15) is 11.1 Å². The number of hydrogen-bond acceptors (Lipinski definition) is 4. The molecule has 0 bridgehead atoms. The SMILES string of the molecule is CBc1ccc(Oc2cccc(CC(=O)O)c2)c(CN2CCOC2=O)c1. The molecule has 1 saturated heterocycles. The summed E-state index contributed by atoms with van der Waals surface area (Å²) < 4.78 is 11.0. The Morgan fingerprint density at radius 3 is 2.85 bits per heavy atom. The predicted molar refractivity (Wildman–Crippen MR) is 98.7 cm³/mol. The summed E-state index contributed by atoms with van der Waals surface area (Å²) in [4.78, 5) is 24.3. The number of cyclic esters (lactones) is 1. The average Bonchev–Trinajstić information content (AvgIpc) is 3.01. The second-order valence-electron chi connectivity index (χ2n) is 6.15. The zero-order chi connectivity index (χ0) is 18.5. The van der Waals surface area contributed by atoms with Crippen LogP contribution in [-0.2, 0) is 22.5 Å². The van der Waals surface area contributed by atoms with Crippen LogP contribution in [0.25, 0.3) is 0 Å². The number of nitrogens with zero attached hydrogens (tertiary/aromatic N) is 1. The topological polar surface area (TPSA) is 76.1 Å². The third-order valence-electron chi connectivity index (χ3n) is 4.22. The third kappa shape index (κ3) is 4.36. The van der Waals surface area contributed by atoms with Crippen molar-refractivity contribution in [1.29, 1.82) is 0 Å². The Hall–Kier alpha value is -2.96. The van der Waals surface area contributed by atoms with Crippen LogP contribution >= 0.6 is 0 Å². The lowest BCUT2D eigenvalue weighted by atomic mass is 9.73. The lowest BCUT2D eigenvalue weighted by molar-refractivity contribution is -0.136. The molecule has 0 spiro atoms. The number of ether oxygens (including phenoxy) is 2. The highest BCUT2D eigenvalue weighted by Gasteiger charge is 2.23. The largest absolute Gasteiger partial charge is 0.481 e. The molecule has 1 aliphatic rings. The van der Waals surface area contributed by atoms with E-state index in [9.17, 15) is 9.59 Å². The molecule has 0 radical (unpaired) electrons. The van der Waals surface area contributed by atoms with E-state index in [4.69, 9.17) is 14.6 Å². The number of carboxylic acid groups (broad SMARTS) is 1. The molecule has 1 amide bonds. The second kappa shape index (κ2) is 7.95. The van der Waals surface area contributed by atoms with Gasteiger partial charge >= 0.3 is 12.1 Å². The number of benzene rings is 2. The second-order valence-corrected chi connectivity index (χ2v) is 6.15. The lowest BCUT2D eigenvalue weighted by Gasteiger charge is -2.17. The fourth-order valence-corrected chi connectivity index (χ4v) is 2.87. The number of carbonyl (C=O) groups excluding carboxylic acids is 1. The fraction of sp³-hybridized carbons (Fsp3) is 0.263. The molecule has 0 saturated carbocycles. The lowest BCUT2D eigenvalue weighted by Crippen LogP contribution is -2.24. The Kier molecular flexibility index (Phi) is 5.46. The Bertz CT molecular complexity index is 823. The Morgan fingerprint density at radius 2 is 2.15 bits per heavy atom. The maximum Gasteiger partial charge on any atom is 0.410 e. The van der Waals surface area contributed by atoms with Gasteiger partial charge in [-0.3, -0.25) is 4.79 Å². The molecular weight excluding hydrogens is 333 g/mol. The molecule has 1 fully saturated rings. The summed E-state index contributed by atoms with van der Waals surface area (Å²) in [5, 5.41) is 8.94. The Morgan fingerprint density at radius 1 is 1.31 bits per heavy atom. The number of carbonyl (C=O) groups is 2. The van der Waals surface area contributed by atoms with Crippen LogP contribution < -0.4 is 10.2 Å². The Balaban J connectivity index is 1.84. The standard InChI is InChI=1S/C19H20BNO5/c1-20-15-5-6-17(14(11-15)12-21-7-8-25-19(21)24)26-16-4-2-3-13(9-16)10-18(22)23/h2-6,9,11,20H,7-8,10,12H2,1H3,(H,22,23). The van der Waals surface area contributed by atoms with Crippen molar-refractivity contribution < 1.29 is 24.2 Å².